The molecule has 0 radical (unpaired) electrons. The molecule has 3 nitrogen and oxygen atoms in total. The SMILES string of the molecule is CCCCCNC(=O)c1cccc(N)c1Br. The number of nitrogens with two attached hydrogens (primary N) is 1. The average Bonchev–Trinajstić information content (AvgIpc) is 2.28. The molecule has 0 fully saturated rings. The van der Waals surface area contributed by atoms with Gasteiger partial charge in [0.1, 0.15) is 0 Å². The van der Waals surface area contributed by atoms with E-state index in [1.54, 1.807) is 18.2 Å². The zero-order valence-electron chi connectivity index (χ0n) is 9.42. The predicted molar refractivity (Wildman–Crippen MR) is 70.4 cm³/mol. The summed E-state index contributed by atoms with van der Waals surface area (Å²) in [5.74, 6) is -0.0738. The molecule has 0 aliphatic rings. The van der Waals surface area contributed by atoms with Crippen LogP contribution in [0, 0.1) is 0 Å². The van der Waals surface area contributed by atoms with Gasteiger partial charge in [-0.1, -0.05) is 25.8 Å². The molecular formula is C12H17BrN2O. The Balaban J connectivity index is 2.56. The fourth-order valence-corrected chi connectivity index (χ4v) is 1.84. The number of amides is 1. The first kappa shape index (κ1) is 13.0. The first-order valence-electron chi connectivity index (χ1n) is 5.49. The highest BCUT2D eigenvalue weighted by atomic mass is 79.9. The lowest BCUT2D eigenvalue weighted by Gasteiger charge is -2.07. The van der Waals surface area contributed by atoms with Gasteiger partial charge in [-0.3, -0.25) is 4.79 Å². The number of rotatable bonds is 5. The molecule has 88 valence electrons. The van der Waals surface area contributed by atoms with Crippen LogP contribution in [-0.4, -0.2) is 12.5 Å². The summed E-state index contributed by atoms with van der Waals surface area (Å²) in [5, 5.41) is 2.88. The molecule has 0 aliphatic heterocycles. The Hall–Kier alpha value is -1.03. The third-order valence-corrected chi connectivity index (χ3v) is 3.22. The van der Waals surface area contributed by atoms with E-state index in [0.29, 0.717) is 22.3 Å². The third kappa shape index (κ3) is 3.52. The smallest absolute Gasteiger partial charge is 0.252 e. The van der Waals surface area contributed by atoms with Crippen LogP contribution in [0.2, 0.25) is 0 Å². The molecular weight excluding hydrogens is 268 g/mol. The van der Waals surface area contributed by atoms with Crippen molar-refractivity contribution in [2.45, 2.75) is 26.2 Å². The molecule has 0 aromatic heterocycles. The summed E-state index contributed by atoms with van der Waals surface area (Å²) < 4.78 is 0.669. The number of nitrogen functional groups attached to an aromatic ring is 1. The van der Waals surface area contributed by atoms with Crippen LogP contribution in [-0.2, 0) is 0 Å². The first-order valence-corrected chi connectivity index (χ1v) is 6.28. The summed E-state index contributed by atoms with van der Waals surface area (Å²) in [4.78, 5) is 11.8. The lowest BCUT2D eigenvalue weighted by Crippen LogP contribution is -2.24. The number of carbonyl (C=O) groups is 1. The fourth-order valence-electron chi connectivity index (χ4n) is 1.40. The zero-order chi connectivity index (χ0) is 12.0. The Kier molecular flexibility index (Phi) is 5.32. The Morgan fingerprint density at radius 2 is 2.19 bits per heavy atom. The van der Waals surface area contributed by atoms with Crippen molar-refractivity contribution in [2.75, 3.05) is 12.3 Å². The normalized spacial score (nSPS) is 10.1. The molecule has 0 atom stereocenters. The maximum atomic E-state index is 11.8. The highest BCUT2D eigenvalue weighted by Crippen LogP contribution is 2.23. The second-order valence-corrected chi connectivity index (χ2v) is 4.46. The van der Waals surface area contributed by atoms with Crippen molar-refractivity contribution >= 4 is 27.5 Å². The van der Waals surface area contributed by atoms with Crippen LogP contribution in [0.5, 0.6) is 0 Å². The van der Waals surface area contributed by atoms with Gasteiger partial charge in [0.25, 0.3) is 5.91 Å². The fraction of sp³-hybridized carbons (Fsp3) is 0.417. The van der Waals surface area contributed by atoms with Crippen molar-refractivity contribution < 1.29 is 4.79 Å². The summed E-state index contributed by atoms with van der Waals surface area (Å²) >= 11 is 3.32. The molecule has 0 spiro atoms. The highest BCUT2D eigenvalue weighted by Gasteiger charge is 2.10. The van der Waals surface area contributed by atoms with E-state index in [-0.39, 0.29) is 5.91 Å². The van der Waals surface area contributed by atoms with Gasteiger partial charge in [-0.2, -0.15) is 0 Å². The summed E-state index contributed by atoms with van der Waals surface area (Å²) in [6, 6.07) is 5.30. The van der Waals surface area contributed by atoms with Crippen molar-refractivity contribution in [2.24, 2.45) is 0 Å². The van der Waals surface area contributed by atoms with Crippen molar-refractivity contribution in [3.63, 3.8) is 0 Å². The molecule has 0 bridgehead atoms. The minimum Gasteiger partial charge on any atom is -0.398 e. The monoisotopic (exact) mass is 284 g/mol. The molecule has 0 heterocycles. The summed E-state index contributed by atoms with van der Waals surface area (Å²) in [5.41, 5.74) is 6.89. The topological polar surface area (TPSA) is 55.1 Å². The number of carbonyl (C=O) groups excluding carboxylic acids is 1. The van der Waals surface area contributed by atoms with Gasteiger partial charge >= 0.3 is 0 Å². The molecule has 0 unspecified atom stereocenters. The number of benzene rings is 1. The summed E-state index contributed by atoms with van der Waals surface area (Å²) in [7, 11) is 0. The number of nitrogens with one attached hydrogen (secondary N) is 1. The van der Waals surface area contributed by atoms with Crippen molar-refractivity contribution in [3.05, 3.63) is 28.2 Å². The lowest BCUT2D eigenvalue weighted by molar-refractivity contribution is 0.0952. The molecule has 3 N–H and O–H groups in total. The van der Waals surface area contributed by atoms with E-state index in [1.165, 1.54) is 0 Å². The van der Waals surface area contributed by atoms with E-state index >= 15 is 0 Å². The summed E-state index contributed by atoms with van der Waals surface area (Å²) in [6.07, 6.45) is 3.30. The molecule has 1 aromatic rings. The zero-order valence-corrected chi connectivity index (χ0v) is 11.0. The highest BCUT2D eigenvalue weighted by molar-refractivity contribution is 9.10. The second-order valence-electron chi connectivity index (χ2n) is 3.67. The minimum atomic E-state index is -0.0738. The van der Waals surface area contributed by atoms with Gasteiger partial charge in [0, 0.05) is 12.2 Å². The molecule has 4 heteroatoms. The van der Waals surface area contributed by atoms with Gasteiger partial charge in [0.05, 0.1) is 10.0 Å². The van der Waals surface area contributed by atoms with Gasteiger partial charge < -0.3 is 11.1 Å². The van der Waals surface area contributed by atoms with E-state index in [2.05, 4.69) is 28.2 Å². The van der Waals surface area contributed by atoms with E-state index in [0.717, 1.165) is 19.3 Å². The van der Waals surface area contributed by atoms with Gasteiger partial charge in [0.15, 0.2) is 0 Å². The maximum absolute atomic E-state index is 11.8. The third-order valence-electron chi connectivity index (χ3n) is 2.34. The van der Waals surface area contributed by atoms with Gasteiger partial charge in [-0.05, 0) is 34.5 Å². The number of hydrogen-bond acceptors (Lipinski definition) is 2. The Bertz CT molecular complexity index is 366. The van der Waals surface area contributed by atoms with E-state index in [4.69, 9.17) is 5.73 Å². The van der Waals surface area contributed by atoms with Crippen LogP contribution < -0.4 is 11.1 Å². The summed E-state index contributed by atoms with van der Waals surface area (Å²) in [6.45, 7) is 2.85. The van der Waals surface area contributed by atoms with Crippen LogP contribution in [0.1, 0.15) is 36.5 Å². The Labute approximate surface area is 105 Å². The van der Waals surface area contributed by atoms with Crippen molar-refractivity contribution in [1.29, 1.82) is 0 Å². The van der Waals surface area contributed by atoms with Crippen LogP contribution in [0.25, 0.3) is 0 Å². The molecule has 16 heavy (non-hydrogen) atoms. The van der Waals surface area contributed by atoms with E-state index in [9.17, 15) is 4.79 Å². The number of hydrogen-bond donors (Lipinski definition) is 2. The van der Waals surface area contributed by atoms with Crippen LogP contribution in [0.15, 0.2) is 22.7 Å². The van der Waals surface area contributed by atoms with Crippen molar-refractivity contribution in [1.82, 2.24) is 5.32 Å². The van der Waals surface area contributed by atoms with Gasteiger partial charge in [-0.15, -0.1) is 0 Å². The molecule has 1 aromatic carbocycles. The van der Waals surface area contributed by atoms with Crippen LogP contribution in [0.3, 0.4) is 0 Å². The standard InChI is InChI=1S/C12H17BrN2O/c1-2-3-4-8-15-12(16)9-6-5-7-10(14)11(9)13/h5-7H,2-4,8,14H2,1H3,(H,15,16). The van der Waals surface area contributed by atoms with Gasteiger partial charge in [-0.25, -0.2) is 0 Å². The molecule has 0 saturated carbocycles. The van der Waals surface area contributed by atoms with Crippen molar-refractivity contribution in [3.8, 4) is 0 Å². The first-order chi connectivity index (χ1) is 7.66. The second kappa shape index (κ2) is 6.53. The van der Waals surface area contributed by atoms with Gasteiger partial charge in [0.2, 0.25) is 0 Å². The quantitative estimate of drug-likeness (QED) is 0.645. The maximum Gasteiger partial charge on any atom is 0.252 e. The molecule has 0 saturated heterocycles. The largest absolute Gasteiger partial charge is 0.398 e. The minimum absolute atomic E-state index is 0.0738. The molecule has 0 aliphatic carbocycles. The predicted octanol–water partition coefficient (Wildman–Crippen LogP) is 2.95. The number of halogens is 1. The van der Waals surface area contributed by atoms with E-state index in [1.807, 2.05) is 0 Å². The molecule has 1 rings (SSSR count). The van der Waals surface area contributed by atoms with Crippen LogP contribution >= 0.6 is 15.9 Å². The molecule has 1 amide bonds. The number of anilines is 1. The number of unbranched alkanes of at least 4 members (excludes halogenated alkanes) is 2. The Morgan fingerprint density at radius 3 is 2.88 bits per heavy atom. The lowest BCUT2D eigenvalue weighted by atomic mass is 10.2. The van der Waals surface area contributed by atoms with E-state index < -0.39 is 0 Å². The van der Waals surface area contributed by atoms with Crippen LogP contribution in [0.4, 0.5) is 5.69 Å². The Morgan fingerprint density at radius 1 is 1.44 bits per heavy atom. The average molecular weight is 285 g/mol.